The topological polar surface area (TPSA) is 33.3 Å². The average Bonchev–Trinajstić information content (AvgIpc) is 2.55. The van der Waals surface area contributed by atoms with Crippen LogP contribution in [0.25, 0.3) is 0 Å². The smallest absolute Gasteiger partial charge is 0.112 e. The van der Waals surface area contributed by atoms with Crippen molar-refractivity contribution in [3.63, 3.8) is 0 Å². The third kappa shape index (κ3) is 2.10. The van der Waals surface area contributed by atoms with Gasteiger partial charge in [0, 0.05) is 18.5 Å². The molecule has 2 aliphatic rings. The van der Waals surface area contributed by atoms with Gasteiger partial charge in [-0.2, -0.15) is 0 Å². The number of nitrogens with one attached hydrogen (secondary N) is 2. The van der Waals surface area contributed by atoms with Crippen LogP contribution in [0.4, 0.5) is 0 Å². The van der Waals surface area contributed by atoms with E-state index < -0.39 is 0 Å². The molecule has 3 nitrogen and oxygen atoms in total. The van der Waals surface area contributed by atoms with Crippen molar-refractivity contribution in [1.29, 1.82) is 0 Å². The number of hydrogen-bond acceptors (Lipinski definition) is 3. The second-order valence-corrected chi connectivity index (χ2v) is 3.57. The van der Waals surface area contributed by atoms with Gasteiger partial charge in [-0.3, -0.25) is 5.32 Å². The Kier molecular flexibility index (Phi) is 3.77. The lowest BCUT2D eigenvalue weighted by molar-refractivity contribution is 0.0586. The maximum absolute atomic E-state index is 5.60. The van der Waals surface area contributed by atoms with Crippen molar-refractivity contribution in [1.82, 2.24) is 10.6 Å². The van der Waals surface area contributed by atoms with Crippen LogP contribution in [0.5, 0.6) is 0 Å². The Balaban J connectivity index is 0.000000720. The number of rotatable bonds is 1. The first-order chi connectivity index (χ1) is 5.36. The van der Waals surface area contributed by atoms with Crippen LogP contribution in [-0.4, -0.2) is 32.0 Å². The summed E-state index contributed by atoms with van der Waals surface area (Å²) in [4.78, 5) is 0. The van der Waals surface area contributed by atoms with Crippen LogP contribution in [-0.2, 0) is 4.74 Å². The summed E-state index contributed by atoms with van der Waals surface area (Å²) >= 11 is 0. The summed E-state index contributed by atoms with van der Waals surface area (Å²) < 4.78 is 5.60. The molecule has 0 radical (unpaired) electrons. The fourth-order valence-electron chi connectivity index (χ4n) is 1.83. The Morgan fingerprint density at radius 2 is 2.25 bits per heavy atom. The molecule has 0 amide bonds. The zero-order valence-corrected chi connectivity index (χ0v) is 8.19. The van der Waals surface area contributed by atoms with Crippen LogP contribution >= 0.6 is 12.4 Å². The third-order valence-corrected chi connectivity index (χ3v) is 2.50. The molecule has 0 bridgehead atoms. The van der Waals surface area contributed by atoms with Crippen molar-refractivity contribution in [2.24, 2.45) is 5.92 Å². The predicted octanol–water partition coefficient (Wildman–Crippen LogP) is 0.352. The molecule has 3 atom stereocenters. The summed E-state index contributed by atoms with van der Waals surface area (Å²) in [6.07, 6.45) is 1.57. The van der Waals surface area contributed by atoms with Crippen molar-refractivity contribution < 1.29 is 4.74 Å². The first-order valence-corrected chi connectivity index (χ1v) is 4.44. The Labute approximate surface area is 79.6 Å². The lowest BCUT2D eigenvalue weighted by atomic mass is 10.1. The molecule has 0 aromatic heterocycles. The Hall–Kier alpha value is 0.170. The van der Waals surface area contributed by atoms with Gasteiger partial charge in [-0.1, -0.05) is 0 Å². The van der Waals surface area contributed by atoms with Crippen LogP contribution in [0.1, 0.15) is 13.3 Å². The van der Waals surface area contributed by atoms with Crippen molar-refractivity contribution in [3.8, 4) is 0 Å². The van der Waals surface area contributed by atoms with E-state index in [1.165, 1.54) is 6.42 Å². The second-order valence-electron chi connectivity index (χ2n) is 3.57. The Morgan fingerprint density at radius 1 is 1.42 bits per heavy atom. The molecule has 72 valence electrons. The van der Waals surface area contributed by atoms with Gasteiger partial charge in [0.15, 0.2) is 0 Å². The predicted molar refractivity (Wildman–Crippen MR) is 50.6 cm³/mol. The molecule has 0 spiro atoms. The van der Waals surface area contributed by atoms with Crippen molar-refractivity contribution in [2.75, 3.05) is 19.7 Å². The first kappa shape index (κ1) is 10.3. The van der Waals surface area contributed by atoms with E-state index in [9.17, 15) is 0 Å². The van der Waals surface area contributed by atoms with Gasteiger partial charge in [0.2, 0.25) is 0 Å². The molecule has 0 aromatic carbocycles. The molecular formula is C8H17ClN2O. The third-order valence-electron chi connectivity index (χ3n) is 2.50. The largest absolute Gasteiger partial charge is 0.361 e. The normalized spacial score (nSPS) is 41.2. The van der Waals surface area contributed by atoms with Crippen LogP contribution in [0.3, 0.4) is 0 Å². The molecule has 0 aliphatic carbocycles. The summed E-state index contributed by atoms with van der Waals surface area (Å²) in [6, 6.07) is 0.542. The van der Waals surface area contributed by atoms with Crippen LogP contribution < -0.4 is 10.6 Å². The average molecular weight is 193 g/mol. The Morgan fingerprint density at radius 3 is 2.75 bits per heavy atom. The van der Waals surface area contributed by atoms with Gasteiger partial charge >= 0.3 is 0 Å². The highest BCUT2D eigenvalue weighted by Gasteiger charge is 2.30. The molecule has 4 heteroatoms. The molecule has 2 heterocycles. The highest BCUT2D eigenvalue weighted by atomic mass is 35.5. The molecule has 2 N–H and O–H groups in total. The molecule has 2 fully saturated rings. The lowest BCUT2D eigenvalue weighted by Crippen LogP contribution is -2.35. The number of ether oxygens (including phenoxy) is 1. The fourth-order valence-corrected chi connectivity index (χ4v) is 1.83. The van der Waals surface area contributed by atoms with E-state index in [2.05, 4.69) is 17.6 Å². The number of halogens is 1. The summed E-state index contributed by atoms with van der Waals surface area (Å²) in [6.45, 7) is 5.31. The van der Waals surface area contributed by atoms with Gasteiger partial charge in [0.1, 0.15) is 6.23 Å². The lowest BCUT2D eigenvalue weighted by Gasteiger charge is -2.16. The SMILES string of the molecule is CC1COC(C2CCNC2)N1.Cl. The molecular weight excluding hydrogens is 176 g/mol. The zero-order valence-electron chi connectivity index (χ0n) is 7.38. The molecule has 3 unspecified atom stereocenters. The molecule has 0 aromatic rings. The summed E-state index contributed by atoms with van der Waals surface area (Å²) in [7, 11) is 0. The van der Waals surface area contributed by atoms with Gasteiger partial charge in [0.05, 0.1) is 6.61 Å². The summed E-state index contributed by atoms with van der Waals surface area (Å²) in [5.74, 6) is 0.694. The summed E-state index contributed by atoms with van der Waals surface area (Å²) in [5, 5.41) is 6.78. The van der Waals surface area contributed by atoms with E-state index in [1.54, 1.807) is 0 Å². The van der Waals surface area contributed by atoms with Gasteiger partial charge in [-0.25, -0.2) is 0 Å². The minimum Gasteiger partial charge on any atom is -0.361 e. The fraction of sp³-hybridized carbons (Fsp3) is 1.00. The summed E-state index contributed by atoms with van der Waals surface area (Å²) in [5.41, 5.74) is 0. The Bertz CT molecular complexity index is 139. The molecule has 12 heavy (non-hydrogen) atoms. The van der Waals surface area contributed by atoms with Gasteiger partial charge in [-0.05, 0) is 19.9 Å². The molecule has 2 rings (SSSR count). The second kappa shape index (κ2) is 4.42. The van der Waals surface area contributed by atoms with E-state index >= 15 is 0 Å². The van der Waals surface area contributed by atoms with Gasteiger partial charge < -0.3 is 10.1 Å². The van der Waals surface area contributed by atoms with E-state index in [1.807, 2.05) is 0 Å². The van der Waals surface area contributed by atoms with Gasteiger partial charge in [0.25, 0.3) is 0 Å². The molecule has 0 saturated carbocycles. The molecule has 2 aliphatic heterocycles. The van der Waals surface area contributed by atoms with Crippen LogP contribution in [0, 0.1) is 5.92 Å². The van der Waals surface area contributed by atoms with Crippen LogP contribution in [0.15, 0.2) is 0 Å². The monoisotopic (exact) mass is 192 g/mol. The van der Waals surface area contributed by atoms with Gasteiger partial charge in [-0.15, -0.1) is 12.4 Å². The van der Waals surface area contributed by atoms with Crippen molar-refractivity contribution >= 4 is 12.4 Å². The van der Waals surface area contributed by atoms with E-state index in [0.29, 0.717) is 18.2 Å². The minimum absolute atomic E-state index is 0. The maximum atomic E-state index is 5.60. The first-order valence-electron chi connectivity index (χ1n) is 4.44. The minimum atomic E-state index is 0. The zero-order chi connectivity index (χ0) is 7.68. The highest BCUT2D eigenvalue weighted by Crippen LogP contribution is 2.17. The standard InChI is InChI=1S/C8H16N2O.ClH/c1-6-5-11-8(10-6)7-2-3-9-4-7;/h6-10H,2-5H2,1H3;1H. The van der Waals surface area contributed by atoms with Crippen molar-refractivity contribution in [2.45, 2.75) is 25.6 Å². The van der Waals surface area contributed by atoms with E-state index in [-0.39, 0.29) is 12.4 Å². The number of hydrogen-bond donors (Lipinski definition) is 2. The van der Waals surface area contributed by atoms with Crippen LogP contribution in [0.2, 0.25) is 0 Å². The van der Waals surface area contributed by atoms with E-state index in [4.69, 9.17) is 4.74 Å². The van der Waals surface area contributed by atoms with Crippen molar-refractivity contribution in [3.05, 3.63) is 0 Å². The van der Waals surface area contributed by atoms with E-state index in [0.717, 1.165) is 19.7 Å². The maximum Gasteiger partial charge on any atom is 0.112 e. The molecule has 2 saturated heterocycles. The quantitative estimate of drug-likeness (QED) is 0.629. The highest BCUT2D eigenvalue weighted by molar-refractivity contribution is 5.85.